The average Bonchev–Trinajstić information content (AvgIpc) is 2.63. The summed E-state index contributed by atoms with van der Waals surface area (Å²) in [4.78, 5) is 12.1. The molecule has 1 heterocycles. The number of methoxy groups -OCH3 is 1. The molecule has 5 nitrogen and oxygen atoms in total. The maximum atomic E-state index is 12.1. The number of hydrogen-bond acceptors (Lipinski definition) is 5. The second-order valence-electron chi connectivity index (χ2n) is 6.11. The van der Waals surface area contributed by atoms with Crippen LogP contribution >= 0.6 is 0 Å². The van der Waals surface area contributed by atoms with Crippen molar-refractivity contribution in [1.29, 1.82) is 0 Å². The van der Waals surface area contributed by atoms with Crippen molar-refractivity contribution in [2.24, 2.45) is 0 Å². The van der Waals surface area contributed by atoms with Gasteiger partial charge in [-0.1, -0.05) is 6.08 Å². The zero-order chi connectivity index (χ0) is 15.2. The summed E-state index contributed by atoms with van der Waals surface area (Å²) in [6, 6.07) is 0. The van der Waals surface area contributed by atoms with Crippen LogP contribution in [0.25, 0.3) is 0 Å². The molecule has 0 radical (unpaired) electrons. The summed E-state index contributed by atoms with van der Waals surface area (Å²) in [5.74, 6) is -1.55. The Morgan fingerprint density at radius 3 is 2.80 bits per heavy atom. The maximum absolute atomic E-state index is 12.1. The number of carbonyl (C=O) groups is 1. The molecule has 0 saturated carbocycles. The molecule has 1 fully saturated rings. The molecular weight excluding hydrogens is 260 g/mol. The van der Waals surface area contributed by atoms with Gasteiger partial charge in [0.25, 0.3) is 0 Å². The van der Waals surface area contributed by atoms with E-state index in [0.717, 1.165) is 0 Å². The lowest BCUT2D eigenvalue weighted by Gasteiger charge is -2.40. The highest BCUT2D eigenvalue weighted by atomic mass is 16.7. The van der Waals surface area contributed by atoms with E-state index in [4.69, 9.17) is 9.47 Å². The molecule has 0 aromatic rings. The lowest BCUT2D eigenvalue weighted by molar-refractivity contribution is -0.278. The first-order valence-corrected chi connectivity index (χ1v) is 6.71. The third-order valence-corrected chi connectivity index (χ3v) is 4.14. The Morgan fingerprint density at radius 1 is 1.65 bits per heavy atom. The van der Waals surface area contributed by atoms with Gasteiger partial charge in [-0.05, 0) is 31.9 Å². The minimum absolute atomic E-state index is 0.0632. The monoisotopic (exact) mass is 282 g/mol. The molecular formula is C15H22O5. The van der Waals surface area contributed by atoms with Gasteiger partial charge in [0.15, 0.2) is 5.78 Å². The van der Waals surface area contributed by atoms with Gasteiger partial charge in [-0.15, -0.1) is 6.58 Å². The molecule has 112 valence electrons. The fourth-order valence-electron chi connectivity index (χ4n) is 2.89. The molecule has 0 spiro atoms. The lowest BCUT2D eigenvalue weighted by Crippen LogP contribution is -2.55. The molecule has 2 N–H and O–H groups in total. The van der Waals surface area contributed by atoms with Gasteiger partial charge >= 0.3 is 0 Å². The SMILES string of the molecule is C=CCC1=CC2(O)CC(C(C)(C)O)OC2(OC)CC1=O. The molecule has 0 bridgehead atoms. The Morgan fingerprint density at radius 2 is 2.30 bits per heavy atom. The maximum Gasteiger partial charge on any atom is 0.208 e. The summed E-state index contributed by atoms with van der Waals surface area (Å²) >= 11 is 0. The van der Waals surface area contributed by atoms with Crippen molar-refractivity contribution in [1.82, 2.24) is 0 Å². The van der Waals surface area contributed by atoms with E-state index in [1.807, 2.05) is 0 Å². The van der Waals surface area contributed by atoms with Crippen LogP contribution in [0.5, 0.6) is 0 Å². The smallest absolute Gasteiger partial charge is 0.208 e. The topological polar surface area (TPSA) is 76.0 Å². The standard InChI is InChI=1S/C15H22O5/c1-5-6-10-7-14(18)9-12(13(2,3)17)20-15(14,19-4)8-11(10)16/h5,7,12,17-18H,1,6,8-9H2,2-4H3. The molecule has 2 rings (SSSR count). The van der Waals surface area contributed by atoms with Crippen LogP contribution in [0.15, 0.2) is 24.3 Å². The van der Waals surface area contributed by atoms with Crippen molar-refractivity contribution < 1.29 is 24.5 Å². The largest absolute Gasteiger partial charge is 0.388 e. The first-order valence-electron chi connectivity index (χ1n) is 6.71. The summed E-state index contributed by atoms with van der Waals surface area (Å²) in [5.41, 5.74) is -2.04. The quantitative estimate of drug-likeness (QED) is 0.755. The van der Waals surface area contributed by atoms with Crippen molar-refractivity contribution in [3.8, 4) is 0 Å². The highest BCUT2D eigenvalue weighted by Crippen LogP contribution is 2.49. The van der Waals surface area contributed by atoms with Crippen LogP contribution < -0.4 is 0 Å². The van der Waals surface area contributed by atoms with Gasteiger partial charge in [0.1, 0.15) is 5.60 Å². The average molecular weight is 282 g/mol. The van der Waals surface area contributed by atoms with Gasteiger partial charge in [0, 0.05) is 13.5 Å². The minimum Gasteiger partial charge on any atom is -0.388 e. The Bertz CT molecular complexity index is 461. The zero-order valence-electron chi connectivity index (χ0n) is 12.2. The number of fused-ring (bicyclic) bond motifs is 1. The van der Waals surface area contributed by atoms with E-state index in [2.05, 4.69) is 6.58 Å². The molecule has 0 amide bonds. The summed E-state index contributed by atoms with van der Waals surface area (Å²) in [7, 11) is 1.40. The minimum atomic E-state index is -1.42. The fraction of sp³-hybridized carbons (Fsp3) is 0.667. The fourth-order valence-corrected chi connectivity index (χ4v) is 2.89. The molecule has 0 aromatic heterocycles. The second kappa shape index (κ2) is 4.77. The van der Waals surface area contributed by atoms with Crippen molar-refractivity contribution in [3.05, 3.63) is 24.3 Å². The molecule has 1 aliphatic carbocycles. The van der Waals surface area contributed by atoms with E-state index in [1.54, 1.807) is 19.9 Å². The van der Waals surface area contributed by atoms with Gasteiger partial charge in [-0.25, -0.2) is 0 Å². The van der Waals surface area contributed by atoms with Crippen molar-refractivity contribution in [3.63, 3.8) is 0 Å². The van der Waals surface area contributed by atoms with Crippen LogP contribution in [-0.2, 0) is 14.3 Å². The molecule has 2 aliphatic rings. The number of carbonyl (C=O) groups excluding carboxylic acids is 1. The predicted octanol–water partition coefficient (Wildman–Crippen LogP) is 1.10. The highest BCUT2D eigenvalue weighted by molar-refractivity contribution is 5.97. The molecule has 3 unspecified atom stereocenters. The zero-order valence-corrected chi connectivity index (χ0v) is 12.2. The molecule has 1 aliphatic heterocycles. The van der Waals surface area contributed by atoms with E-state index in [9.17, 15) is 15.0 Å². The molecule has 1 saturated heterocycles. The highest BCUT2D eigenvalue weighted by Gasteiger charge is 2.63. The van der Waals surface area contributed by atoms with Gasteiger partial charge in [0.2, 0.25) is 5.79 Å². The Kier molecular flexibility index (Phi) is 3.67. The van der Waals surface area contributed by atoms with Crippen LogP contribution in [0.2, 0.25) is 0 Å². The van der Waals surface area contributed by atoms with E-state index in [-0.39, 0.29) is 18.6 Å². The Hall–Kier alpha value is -1.01. The predicted molar refractivity (Wildman–Crippen MR) is 73.0 cm³/mol. The molecule has 3 atom stereocenters. The third kappa shape index (κ3) is 2.24. The van der Waals surface area contributed by atoms with E-state index in [1.165, 1.54) is 13.2 Å². The van der Waals surface area contributed by atoms with E-state index < -0.39 is 23.1 Å². The molecule has 5 heteroatoms. The number of ether oxygens (including phenoxy) is 2. The normalized spacial score (nSPS) is 37.5. The lowest BCUT2D eigenvalue weighted by atomic mass is 9.77. The van der Waals surface area contributed by atoms with Crippen molar-refractivity contribution in [2.75, 3.05) is 7.11 Å². The van der Waals surface area contributed by atoms with Crippen LogP contribution in [-0.4, -0.2) is 46.2 Å². The van der Waals surface area contributed by atoms with Gasteiger partial charge < -0.3 is 19.7 Å². The van der Waals surface area contributed by atoms with Gasteiger partial charge in [-0.3, -0.25) is 4.79 Å². The van der Waals surface area contributed by atoms with E-state index in [0.29, 0.717) is 12.0 Å². The number of hydrogen-bond donors (Lipinski definition) is 2. The van der Waals surface area contributed by atoms with Crippen LogP contribution in [0, 0.1) is 0 Å². The van der Waals surface area contributed by atoms with Gasteiger partial charge in [-0.2, -0.15) is 0 Å². The van der Waals surface area contributed by atoms with Crippen molar-refractivity contribution >= 4 is 5.78 Å². The molecule has 20 heavy (non-hydrogen) atoms. The number of aliphatic hydroxyl groups is 2. The summed E-state index contributed by atoms with van der Waals surface area (Å²) in [5, 5.41) is 21.0. The first kappa shape index (κ1) is 15.4. The summed E-state index contributed by atoms with van der Waals surface area (Å²) in [6.45, 7) is 6.83. The van der Waals surface area contributed by atoms with Crippen LogP contribution in [0.1, 0.15) is 33.1 Å². The summed E-state index contributed by atoms with van der Waals surface area (Å²) < 4.78 is 11.1. The van der Waals surface area contributed by atoms with Crippen LogP contribution in [0.4, 0.5) is 0 Å². The number of allylic oxidation sites excluding steroid dienone is 2. The van der Waals surface area contributed by atoms with Crippen LogP contribution in [0.3, 0.4) is 0 Å². The van der Waals surface area contributed by atoms with E-state index >= 15 is 0 Å². The number of rotatable bonds is 4. The third-order valence-electron chi connectivity index (χ3n) is 4.14. The number of Topliss-reactive ketones (excluding diaryl/α,β-unsaturated/α-hetero) is 1. The number of ketones is 1. The first-order chi connectivity index (χ1) is 9.17. The molecule has 0 aromatic carbocycles. The Labute approximate surface area is 118 Å². The van der Waals surface area contributed by atoms with Crippen molar-refractivity contribution in [2.45, 2.75) is 56.2 Å². The summed E-state index contributed by atoms with van der Waals surface area (Å²) in [6.07, 6.45) is 3.03. The Balaban J connectivity index is 2.43. The van der Waals surface area contributed by atoms with Gasteiger partial charge in [0.05, 0.1) is 18.1 Å². The second-order valence-corrected chi connectivity index (χ2v) is 6.11.